The van der Waals surface area contributed by atoms with Crippen LogP contribution in [0, 0.1) is 17.5 Å². The second-order valence-corrected chi connectivity index (χ2v) is 6.32. The Kier molecular flexibility index (Phi) is 4.42. The van der Waals surface area contributed by atoms with Crippen molar-refractivity contribution in [3.8, 4) is 11.3 Å². The van der Waals surface area contributed by atoms with Crippen molar-refractivity contribution in [1.29, 1.82) is 0 Å². The molecular weight excluding hydrogens is 339 g/mol. The number of nitrogens with zero attached hydrogens (tertiary/aromatic N) is 2. The van der Waals surface area contributed by atoms with Crippen molar-refractivity contribution < 1.29 is 13.2 Å². The van der Waals surface area contributed by atoms with Gasteiger partial charge in [0.1, 0.15) is 17.5 Å². The molecule has 0 spiro atoms. The van der Waals surface area contributed by atoms with E-state index < -0.39 is 23.4 Å². The predicted octanol–water partition coefficient (Wildman–Crippen LogP) is 4.19. The second-order valence-electron chi connectivity index (χ2n) is 6.32. The topological polar surface area (TPSA) is 37.8 Å². The summed E-state index contributed by atoms with van der Waals surface area (Å²) in [6.07, 6.45) is 2.08. The molecule has 132 valence electrons. The highest BCUT2D eigenvalue weighted by Gasteiger charge is 2.25. The Morgan fingerprint density at radius 2 is 1.85 bits per heavy atom. The van der Waals surface area contributed by atoms with E-state index in [1.807, 2.05) is 0 Å². The predicted molar refractivity (Wildman–Crippen MR) is 92.0 cm³/mol. The van der Waals surface area contributed by atoms with Gasteiger partial charge in [-0.15, -0.1) is 0 Å². The van der Waals surface area contributed by atoms with Crippen LogP contribution in [0.5, 0.6) is 0 Å². The normalized spacial score (nSPS) is 16.8. The third-order valence-electron chi connectivity index (χ3n) is 4.71. The first-order valence-corrected chi connectivity index (χ1v) is 8.39. The van der Waals surface area contributed by atoms with Gasteiger partial charge in [-0.05, 0) is 72.1 Å². The van der Waals surface area contributed by atoms with E-state index in [9.17, 15) is 13.2 Å². The van der Waals surface area contributed by atoms with Crippen LogP contribution >= 0.6 is 0 Å². The van der Waals surface area contributed by atoms with Crippen molar-refractivity contribution in [2.75, 3.05) is 6.54 Å². The van der Waals surface area contributed by atoms with Gasteiger partial charge in [0.2, 0.25) is 0 Å². The van der Waals surface area contributed by atoms with Gasteiger partial charge in [-0.2, -0.15) is 10.2 Å². The first-order valence-electron chi connectivity index (χ1n) is 8.39. The fourth-order valence-electron chi connectivity index (χ4n) is 3.48. The molecule has 1 atom stereocenters. The van der Waals surface area contributed by atoms with Crippen LogP contribution in [-0.2, 0) is 6.54 Å². The summed E-state index contributed by atoms with van der Waals surface area (Å²) in [5.41, 5.74) is 2.55. The first-order chi connectivity index (χ1) is 12.6. The zero-order valence-electron chi connectivity index (χ0n) is 13.8. The molecule has 0 saturated heterocycles. The van der Waals surface area contributed by atoms with Crippen molar-refractivity contribution in [2.24, 2.45) is 0 Å². The molecule has 0 radical (unpaired) electrons. The molecule has 1 aromatic heterocycles. The summed E-state index contributed by atoms with van der Waals surface area (Å²) >= 11 is 0. The van der Waals surface area contributed by atoms with E-state index in [0.29, 0.717) is 36.3 Å². The standard InChI is InChI=1S/C20H16F3N3/c21-13-3-4-18(22)16(9-13)14-5-7-24-11-12-8-17(19(23)10-15(12)14)20-2-1-6-25-26-20/h1-4,6,8-10,14,24H,5,7,11H2. The van der Waals surface area contributed by atoms with E-state index in [1.54, 1.807) is 18.2 Å². The van der Waals surface area contributed by atoms with E-state index in [1.165, 1.54) is 18.3 Å². The monoisotopic (exact) mass is 355 g/mol. The van der Waals surface area contributed by atoms with E-state index >= 15 is 0 Å². The lowest BCUT2D eigenvalue weighted by atomic mass is 9.85. The van der Waals surface area contributed by atoms with E-state index in [-0.39, 0.29) is 5.56 Å². The Bertz CT molecular complexity index is 945. The van der Waals surface area contributed by atoms with Crippen LogP contribution in [-0.4, -0.2) is 16.7 Å². The average Bonchev–Trinajstić information content (AvgIpc) is 2.86. The summed E-state index contributed by atoms with van der Waals surface area (Å²) in [6.45, 7) is 1.15. The molecule has 1 unspecified atom stereocenters. The van der Waals surface area contributed by atoms with Crippen LogP contribution in [0.15, 0.2) is 48.7 Å². The largest absolute Gasteiger partial charge is 0.313 e. The number of halogens is 3. The molecule has 0 fully saturated rings. The summed E-state index contributed by atoms with van der Waals surface area (Å²) in [5.74, 6) is -1.85. The third kappa shape index (κ3) is 3.08. The number of aromatic nitrogens is 2. The number of benzene rings is 2. The first kappa shape index (κ1) is 16.7. The van der Waals surface area contributed by atoms with Gasteiger partial charge in [0.25, 0.3) is 0 Å². The molecule has 1 aliphatic rings. The van der Waals surface area contributed by atoms with Crippen molar-refractivity contribution in [2.45, 2.75) is 18.9 Å². The molecule has 3 nitrogen and oxygen atoms in total. The zero-order valence-corrected chi connectivity index (χ0v) is 13.8. The van der Waals surface area contributed by atoms with Gasteiger partial charge in [0.05, 0.1) is 5.69 Å². The van der Waals surface area contributed by atoms with Crippen LogP contribution in [0.3, 0.4) is 0 Å². The molecule has 6 heteroatoms. The van der Waals surface area contributed by atoms with Gasteiger partial charge in [0.15, 0.2) is 0 Å². The molecule has 3 aromatic rings. The third-order valence-corrected chi connectivity index (χ3v) is 4.71. The highest BCUT2D eigenvalue weighted by molar-refractivity contribution is 5.62. The minimum Gasteiger partial charge on any atom is -0.313 e. The molecule has 1 N–H and O–H groups in total. The summed E-state index contributed by atoms with van der Waals surface area (Å²) in [6, 6.07) is 9.92. The fraction of sp³-hybridized carbons (Fsp3) is 0.200. The second kappa shape index (κ2) is 6.88. The molecule has 26 heavy (non-hydrogen) atoms. The van der Waals surface area contributed by atoms with Crippen LogP contribution in [0.25, 0.3) is 11.3 Å². The van der Waals surface area contributed by atoms with Crippen molar-refractivity contribution in [3.05, 3.63) is 82.8 Å². The lowest BCUT2D eigenvalue weighted by Crippen LogP contribution is -2.13. The van der Waals surface area contributed by atoms with Gasteiger partial charge in [-0.3, -0.25) is 0 Å². The van der Waals surface area contributed by atoms with E-state index in [2.05, 4.69) is 15.5 Å². The van der Waals surface area contributed by atoms with Crippen LogP contribution in [0.4, 0.5) is 13.2 Å². The van der Waals surface area contributed by atoms with Gasteiger partial charge < -0.3 is 5.32 Å². The summed E-state index contributed by atoms with van der Waals surface area (Å²) in [4.78, 5) is 0. The maximum atomic E-state index is 14.8. The molecule has 0 amide bonds. The SMILES string of the molecule is Fc1ccc(F)c(C2CCNCc3cc(-c4cccnn4)c(F)cc32)c1. The highest BCUT2D eigenvalue weighted by Crippen LogP contribution is 2.36. The molecule has 4 rings (SSSR count). The summed E-state index contributed by atoms with van der Waals surface area (Å²) in [7, 11) is 0. The fourth-order valence-corrected chi connectivity index (χ4v) is 3.48. The van der Waals surface area contributed by atoms with E-state index in [4.69, 9.17) is 0 Å². The Hall–Kier alpha value is -2.73. The number of nitrogens with one attached hydrogen (secondary N) is 1. The Labute approximate surface area is 148 Å². The minimum absolute atomic E-state index is 0.251. The lowest BCUT2D eigenvalue weighted by molar-refractivity contribution is 0.560. The quantitative estimate of drug-likeness (QED) is 0.749. The highest BCUT2D eigenvalue weighted by atomic mass is 19.1. The van der Waals surface area contributed by atoms with Crippen LogP contribution < -0.4 is 5.32 Å². The number of fused-ring (bicyclic) bond motifs is 1. The molecule has 2 aromatic carbocycles. The van der Waals surface area contributed by atoms with Crippen molar-refractivity contribution in [3.63, 3.8) is 0 Å². The molecular formula is C20H16F3N3. The molecule has 0 saturated carbocycles. The van der Waals surface area contributed by atoms with Gasteiger partial charge in [-0.25, -0.2) is 13.2 Å². The van der Waals surface area contributed by atoms with E-state index in [0.717, 1.165) is 17.7 Å². The van der Waals surface area contributed by atoms with Gasteiger partial charge in [-0.1, -0.05) is 0 Å². The van der Waals surface area contributed by atoms with Crippen LogP contribution in [0.1, 0.15) is 29.0 Å². The lowest BCUT2D eigenvalue weighted by Gasteiger charge is -2.20. The molecule has 0 bridgehead atoms. The van der Waals surface area contributed by atoms with Crippen LogP contribution in [0.2, 0.25) is 0 Å². The Morgan fingerprint density at radius 3 is 2.65 bits per heavy atom. The van der Waals surface area contributed by atoms with Gasteiger partial charge in [0, 0.05) is 24.2 Å². The van der Waals surface area contributed by atoms with Crippen molar-refractivity contribution in [1.82, 2.24) is 15.5 Å². The minimum atomic E-state index is -0.503. The Balaban J connectivity index is 1.85. The summed E-state index contributed by atoms with van der Waals surface area (Å²) in [5, 5.41) is 11.0. The number of rotatable bonds is 2. The van der Waals surface area contributed by atoms with Crippen molar-refractivity contribution >= 4 is 0 Å². The van der Waals surface area contributed by atoms with Gasteiger partial charge >= 0.3 is 0 Å². The average molecular weight is 355 g/mol. The molecule has 1 aliphatic heterocycles. The maximum Gasteiger partial charge on any atom is 0.132 e. The smallest absolute Gasteiger partial charge is 0.132 e. The number of hydrogen-bond acceptors (Lipinski definition) is 3. The Morgan fingerprint density at radius 1 is 0.962 bits per heavy atom. The maximum absolute atomic E-state index is 14.8. The number of hydrogen-bond donors (Lipinski definition) is 1. The molecule has 0 aliphatic carbocycles. The zero-order chi connectivity index (χ0) is 18.1. The molecule has 2 heterocycles. The summed E-state index contributed by atoms with van der Waals surface area (Å²) < 4.78 is 42.8.